The molecule has 2 aromatic rings. The van der Waals surface area contributed by atoms with Crippen LogP contribution in [0.15, 0.2) is 16.7 Å². The molecule has 102 valence electrons. The lowest BCUT2D eigenvalue weighted by Gasteiger charge is -2.18. The molecule has 5 heteroatoms. The van der Waals surface area contributed by atoms with Crippen molar-refractivity contribution in [3.05, 3.63) is 35.3 Å². The van der Waals surface area contributed by atoms with E-state index < -0.39 is 0 Å². The number of nitrogens with zero attached hydrogens (tertiary/aromatic N) is 3. The van der Waals surface area contributed by atoms with Crippen LogP contribution in [0, 0.1) is 6.92 Å². The third kappa shape index (κ3) is 2.42. The Balaban J connectivity index is 1.69. The lowest BCUT2D eigenvalue weighted by Crippen LogP contribution is -2.23. The maximum absolute atomic E-state index is 5.44. The molecule has 1 unspecified atom stereocenters. The molecule has 0 radical (unpaired) electrons. The summed E-state index contributed by atoms with van der Waals surface area (Å²) in [5.74, 6) is 3.16. The molecular formula is C14H20N4O. The largest absolute Gasteiger partial charge is 0.468 e. The van der Waals surface area contributed by atoms with Crippen molar-refractivity contribution in [2.45, 2.75) is 52.2 Å². The molecule has 0 aliphatic carbocycles. The lowest BCUT2D eigenvalue weighted by atomic mass is 10.1. The van der Waals surface area contributed by atoms with E-state index in [2.05, 4.69) is 33.9 Å². The second-order valence-corrected chi connectivity index (χ2v) is 5.21. The fourth-order valence-corrected chi connectivity index (χ4v) is 2.57. The van der Waals surface area contributed by atoms with E-state index in [9.17, 15) is 0 Å². The maximum atomic E-state index is 5.44. The molecule has 1 N–H and O–H groups in total. The first-order valence-corrected chi connectivity index (χ1v) is 6.94. The van der Waals surface area contributed by atoms with Crippen LogP contribution in [0.1, 0.15) is 48.8 Å². The average molecular weight is 260 g/mol. The number of furan rings is 1. The molecule has 2 aromatic heterocycles. The van der Waals surface area contributed by atoms with Gasteiger partial charge in [0.2, 0.25) is 0 Å². The number of hydrogen-bond donors (Lipinski definition) is 1. The molecular weight excluding hydrogens is 240 g/mol. The summed E-state index contributed by atoms with van der Waals surface area (Å²) in [5.41, 5.74) is 1.18. The normalized spacial score (nSPS) is 16.3. The van der Waals surface area contributed by atoms with Crippen molar-refractivity contribution in [3.8, 4) is 0 Å². The summed E-state index contributed by atoms with van der Waals surface area (Å²) < 4.78 is 7.70. The van der Waals surface area contributed by atoms with Crippen molar-refractivity contribution in [1.29, 1.82) is 0 Å². The molecule has 5 nitrogen and oxygen atoms in total. The highest BCUT2D eigenvalue weighted by atomic mass is 16.3. The number of rotatable bonds is 4. The molecule has 1 atom stereocenters. The van der Waals surface area contributed by atoms with Gasteiger partial charge < -0.3 is 14.3 Å². The zero-order valence-corrected chi connectivity index (χ0v) is 11.5. The standard InChI is InChI=1S/C14H20N4O/c1-10-6-8-19-12(10)9-15-11(2)14-17-16-13-5-3-4-7-18(13)14/h6,8,11,15H,3-5,7,9H2,1-2H3. The van der Waals surface area contributed by atoms with Crippen LogP contribution in [0.4, 0.5) is 0 Å². The van der Waals surface area contributed by atoms with Crippen LogP contribution in [0.3, 0.4) is 0 Å². The van der Waals surface area contributed by atoms with Crippen molar-refractivity contribution in [3.63, 3.8) is 0 Å². The van der Waals surface area contributed by atoms with Crippen LogP contribution in [-0.2, 0) is 19.5 Å². The Kier molecular flexibility index (Phi) is 3.38. The highest BCUT2D eigenvalue weighted by Gasteiger charge is 2.19. The minimum absolute atomic E-state index is 0.184. The quantitative estimate of drug-likeness (QED) is 0.917. The number of aryl methyl sites for hydroxylation is 2. The summed E-state index contributed by atoms with van der Waals surface area (Å²) in [5, 5.41) is 12.1. The first-order valence-electron chi connectivity index (χ1n) is 6.94. The zero-order valence-electron chi connectivity index (χ0n) is 11.5. The highest BCUT2D eigenvalue weighted by Crippen LogP contribution is 2.19. The van der Waals surface area contributed by atoms with Crippen molar-refractivity contribution in [2.75, 3.05) is 0 Å². The van der Waals surface area contributed by atoms with Crippen molar-refractivity contribution in [1.82, 2.24) is 20.1 Å². The molecule has 0 saturated heterocycles. The van der Waals surface area contributed by atoms with Crippen LogP contribution < -0.4 is 5.32 Å². The van der Waals surface area contributed by atoms with Crippen LogP contribution in [0.25, 0.3) is 0 Å². The monoisotopic (exact) mass is 260 g/mol. The van der Waals surface area contributed by atoms with E-state index in [4.69, 9.17) is 4.42 Å². The lowest BCUT2D eigenvalue weighted by molar-refractivity contribution is 0.431. The van der Waals surface area contributed by atoms with E-state index >= 15 is 0 Å². The molecule has 0 fully saturated rings. The topological polar surface area (TPSA) is 55.9 Å². The van der Waals surface area contributed by atoms with Gasteiger partial charge in [-0.25, -0.2) is 0 Å². The Morgan fingerprint density at radius 3 is 3.11 bits per heavy atom. The molecule has 3 rings (SSSR count). The van der Waals surface area contributed by atoms with Gasteiger partial charge in [0.25, 0.3) is 0 Å². The van der Waals surface area contributed by atoms with Crippen molar-refractivity contribution >= 4 is 0 Å². The SMILES string of the molecule is Cc1ccoc1CNC(C)c1nnc2n1CCCC2. The van der Waals surface area contributed by atoms with Gasteiger partial charge in [0.15, 0.2) is 0 Å². The van der Waals surface area contributed by atoms with Gasteiger partial charge in [0.1, 0.15) is 17.4 Å². The predicted molar refractivity (Wildman–Crippen MR) is 71.7 cm³/mol. The van der Waals surface area contributed by atoms with Crippen LogP contribution in [-0.4, -0.2) is 14.8 Å². The molecule has 0 bridgehead atoms. The Labute approximate surface area is 113 Å². The molecule has 19 heavy (non-hydrogen) atoms. The maximum Gasteiger partial charge on any atom is 0.149 e. The second kappa shape index (κ2) is 5.17. The van der Waals surface area contributed by atoms with Crippen molar-refractivity contribution < 1.29 is 4.42 Å². The first kappa shape index (κ1) is 12.4. The summed E-state index contributed by atoms with van der Waals surface area (Å²) in [7, 11) is 0. The molecule has 0 spiro atoms. The molecule has 1 aliphatic heterocycles. The van der Waals surface area contributed by atoms with E-state index in [-0.39, 0.29) is 6.04 Å². The average Bonchev–Trinajstić information content (AvgIpc) is 3.02. The fourth-order valence-electron chi connectivity index (χ4n) is 2.57. The van der Waals surface area contributed by atoms with Gasteiger partial charge in [-0.3, -0.25) is 0 Å². The van der Waals surface area contributed by atoms with Gasteiger partial charge in [-0.05, 0) is 38.3 Å². The van der Waals surface area contributed by atoms with E-state index in [0.29, 0.717) is 0 Å². The van der Waals surface area contributed by atoms with Gasteiger partial charge in [-0.2, -0.15) is 0 Å². The predicted octanol–water partition coefficient (Wildman–Crippen LogP) is 2.37. The molecule has 1 aliphatic rings. The smallest absolute Gasteiger partial charge is 0.149 e. The minimum Gasteiger partial charge on any atom is -0.468 e. The van der Waals surface area contributed by atoms with Crippen LogP contribution in [0.2, 0.25) is 0 Å². The second-order valence-electron chi connectivity index (χ2n) is 5.21. The van der Waals surface area contributed by atoms with E-state index in [1.165, 1.54) is 18.4 Å². The van der Waals surface area contributed by atoms with Crippen LogP contribution >= 0.6 is 0 Å². The summed E-state index contributed by atoms with van der Waals surface area (Å²) in [6.07, 6.45) is 5.24. The third-order valence-electron chi connectivity index (χ3n) is 3.81. The Morgan fingerprint density at radius 1 is 1.42 bits per heavy atom. The summed E-state index contributed by atoms with van der Waals surface area (Å²) in [4.78, 5) is 0. The minimum atomic E-state index is 0.184. The van der Waals surface area contributed by atoms with Gasteiger partial charge in [0, 0.05) is 13.0 Å². The van der Waals surface area contributed by atoms with Gasteiger partial charge >= 0.3 is 0 Å². The number of aromatic nitrogens is 3. The van der Waals surface area contributed by atoms with E-state index in [1.54, 1.807) is 6.26 Å². The Hall–Kier alpha value is -1.62. The van der Waals surface area contributed by atoms with Gasteiger partial charge in [-0.15, -0.1) is 10.2 Å². The summed E-state index contributed by atoms with van der Waals surface area (Å²) in [6.45, 7) is 5.96. The Bertz CT molecular complexity index is 558. The van der Waals surface area contributed by atoms with Gasteiger partial charge in [0.05, 0.1) is 18.8 Å². The third-order valence-corrected chi connectivity index (χ3v) is 3.81. The van der Waals surface area contributed by atoms with E-state index in [0.717, 1.165) is 36.9 Å². The fraction of sp³-hybridized carbons (Fsp3) is 0.571. The van der Waals surface area contributed by atoms with Crippen LogP contribution in [0.5, 0.6) is 0 Å². The molecule has 0 aromatic carbocycles. The highest BCUT2D eigenvalue weighted by molar-refractivity contribution is 5.14. The summed E-state index contributed by atoms with van der Waals surface area (Å²) >= 11 is 0. The summed E-state index contributed by atoms with van der Waals surface area (Å²) in [6, 6.07) is 2.17. The van der Waals surface area contributed by atoms with Gasteiger partial charge in [-0.1, -0.05) is 0 Å². The van der Waals surface area contributed by atoms with E-state index in [1.807, 2.05) is 6.07 Å². The number of hydrogen-bond acceptors (Lipinski definition) is 4. The first-order chi connectivity index (χ1) is 9.25. The Morgan fingerprint density at radius 2 is 2.32 bits per heavy atom. The molecule has 3 heterocycles. The van der Waals surface area contributed by atoms with Crippen molar-refractivity contribution in [2.24, 2.45) is 0 Å². The number of nitrogens with one attached hydrogen (secondary N) is 1. The molecule has 0 saturated carbocycles. The molecule has 0 amide bonds. The number of fused-ring (bicyclic) bond motifs is 1. The zero-order chi connectivity index (χ0) is 13.2.